The van der Waals surface area contributed by atoms with Gasteiger partial charge in [0.25, 0.3) is 6.71 Å². The molecule has 0 spiro atoms. The highest BCUT2D eigenvalue weighted by atomic mass is 15.2. The summed E-state index contributed by atoms with van der Waals surface area (Å²) in [6.45, 7) is -0.103. The first-order valence-electron chi connectivity index (χ1n) is 22.8. The summed E-state index contributed by atoms with van der Waals surface area (Å²) in [7, 11) is 0. The molecule has 0 saturated heterocycles. The molecule has 0 aliphatic carbocycles. The number of benzene rings is 11. The van der Waals surface area contributed by atoms with Gasteiger partial charge < -0.3 is 9.80 Å². The quantitative estimate of drug-likeness (QED) is 0.127. The van der Waals surface area contributed by atoms with Crippen molar-refractivity contribution in [3.8, 4) is 33.6 Å². The van der Waals surface area contributed by atoms with E-state index in [1.54, 1.807) is 12.7 Å². The summed E-state index contributed by atoms with van der Waals surface area (Å²) in [4.78, 5) is 18.7. The van der Waals surface area contributed by atoms with Gasteiger partial charge in [0.05, 0.1) is 0 Å². The number of fused-ring (bicyclic) bond motifs is 8. The third-order valence-electron chi connectivity index (χ3n) is 13.9. The van der Waals surface area contributed by atoms with Gasteiger partial charge in [0.2, 0.25) is 0 Å². The van der Waals surface area contributed by atoms with Crippen LogP contribution in [0.2, 0.25) is 0 Å². The fourth-order valence-electron chi connectivity index (χ4n) is 10.8. The van der Waals surface area contributed by atoms with Crippen LogP contribution in [0.3, 0.4) is 0 Å². The highest BCUT2D eigenvalue weighted by Gasteiger charge is 2.44. The van der Waals surface area contributed by atoms with Crippen LogP contribution in [0.25, 0.3) is 76.7 Å². The third kappa shape index (κ3) is 6.07. The number of hydrogen-bond donors (Lipinski definition) is 0. The van der Waals surface area contributed by atoms with Gasteiger partial charge in [-0.2, -0.15) is 0 Å². The second-order valence-corrected chi connectivity index (χ2v) is 17.7. The van der Waals surface area contributed by atoms with Gasteiger partial charge in [-0.15, -0.1) is 0 Å². The summed E-state index contributed by atoms with van der Waals surface area (Å²) in [6.07, 6.45) is 3.18. The minimum Gasteiger partial charge on any atom is -0.311 e. The van der Waals surface area contributed by atoms with Crippen LogP contribution >= 0.6 is 0 Å². The highest BCUT2D eigenvalue weighted by Crippen LogP contribution is 2.47. The summed E-state index contributed by atoms with van der Waals surface area (Å²) < 4.78 is 0. The van der Waals surface area contributed by atoms with E-state index < -0.39 is 0 Å². The molecule has 0 radical (unpaired) electrons. The van der Waals surface area contributed by atoms with Gasteiger partial charge in [-0.1, -0.05) is 146 Å². The first-order chi connectivity index (χ1) is 33.2. The molecule has 310 valence electrons. The predicted octanol–water partition coefficient (Wildman–Crippen LogP) is 13.6. The van der Waals surface area contributed by atoms with Crippen molar-refractivity contribution in [2.24, 2.45) is 0 Å². The molecule has 5 nitrogen and oxygen atoms in total. The van der Waals surface area contributed by atoms with Gasteiger partial charge in [-0.25, -0.2) is 15.0 Å². The van der Waals surface area contributed by atoms with Crippen LogP contribution in [0, 0.1) is 0 Å². The predicted molar refractivity (Wildman–Crippen MR) is 280 cm³/mol. The largest absolute Gasteiger partial charge is 0.311 e. The lowest BCUT2D eigenvalue weighted by atomic mass is 9.33. The van der Waals surface area contributed by atoms with Gasteiger partial charge in [0, 0.05) is 39.7 Å². The molecule has 11 aromatic carbocycles. The van der Waals surface area contributed by atoms with Crippen LogP contribution in [0.4, 0.5) is 34.1 Å². The molecule has 0 unspecified atom stereocenters. The lowest BCUT2D eigenvalue weighted by molar-refractivity contribution is 1.05. The summed E-state index contributed by atoms with van der Waals surface area (Å²) >= 11 is 0. The number of nitrogens with zero attached hydrogens (tertiary/aromatic N) is 5. The average molecular weight is 852 g/mol. The van der Waals surface area contributed by atoms with E-state index >= 15 is 0 Å². The van der Waals surface area contributed by atoms with Crippen molar-refractivity contribution in [3.05, 3.63) is 231 Å². The first kappa shape index (κ1) is 37.5. The minimum absolute atomic E-state index is 0.103. The number of hydrogen-bond acceptors (Lipinski definition) is 5. The Morgan fingerprint density at radius 2 is 0.672 bits per heavy atom. The Labute approximate surface area is 388 Å². The number of aromatic nitrogens is 3. The van der Waals surface area contributed by atoms with E-state index in [1.807, 2.05) is 0 Å². The van der Waals surface area contributed by atoms with Gasteiger partial charge in [0.1, 0.15) is 12.7 Å². The average Bonchev–Trinajstić information content (AvgIpc) is 3.39. The van der Waals surface area contributed by atoms with E-state index in [1.165, 1.54) is 81.7 Å². The number of rotatable bonds is 5. The zero-order valence-electron chi connectivity index (χ0n) is 36.3. The Balaban J connectivity index is 1.09. The fourth-order valence-corrected chi connectivity index (χ4v) is 10.8. The highest BCUT2D eigenvalue weighted by molar-refractivity contribution is 7.00. The molecule has 1 aromatic heterocycles. The smallest absolute Gasteiger partial charge is 0.252 e. The Morgan fingerprint density at radius 3 is 1.09 bits per heavy atom. The molecule has 2 aliphatic rings. The summed E-state index contributed by atoms with van der Waals surface area (Å²) in [6, 6.07) is 80.5. The molecule has 0 atom stereocenters. The monoisotopic (exact) mass is 851 g/mol. The molecule has 0 amide bonds. The summed E-state index contributed by atoms with van der Waals surface area (Å²) in [5.74, 6) is 0.621. The standard InChI is InChI=1S/C61H38BN5/c1-3-11-39(12-4-1)41-19-23-52(24-20-41)66-56-33-49-29-45-17-9-7-15-43(45)27-47(49)31-54(56)62-55-32-48-28-44-16-8-10-18-46(44)30-50(48)34-57(55)67(53-25-21-42(22-26-53)40-13-5-2-6-14-40)59-36-51(35-58(66)60(59)62)61-64-37-63-38-65-61/h1-38H. The lowest BCUT2D eigenvalue weighted by Gasteiger charge is -2.44. The lowest BCUT2D eigenvalue weighted by Crippen LogP contribution is -2.61. The molecule has 2 aliphatic heterocycles. The van der Waals surface area contributed by atoms with E-state index in [0.717, 1.165) is 39.7 Å². The Bertz CT molecular complexity index is 3680. The first-order valence-corrected chi connectivity index (χ1v) is 22.8. The zero-order valence-corrected chi connectivity index (χ0v) is 36.3. The second-order valence-electron chi connectivity index (χ2n) is 17.7. The van der Waals surface area contributed by atoms with Crippen LogP contribution in [-0.4, -0.2) is 21.7 Å². The van der Waals surface area contributed by atoms with E-state index in [2.05, 4.69) is 233 Å². The van der Waals surface area contributed by atoms with Gasteiger partial charge in [-0.3, -0.25) is 0 Å². The van der Waals surface area contributed by atoms with E-state index in [0.29, 0.717) is 5.82 Å². The van der Waals surface area contributed by atoms with Crippen LogP contribution in [-0.2, 0) is 0 Å². The maximum absolute atomic E-state index is 4.77. The minimum atomic E-state index is -0.103. The van der Waals surface area contributed by atoms with E-state index in [4.69, 9.17) is 9.97 Å². The van der Waals surface area contributed by atoms with Crippen molar-refractivity contribution in [2.75, 3.05) is 9.80 Å². The van der Waals surface area contributed by atoms with Gasteiger partial charge in [-0.05, 0) is 155 Å². The van der Waals surface area contributed by atoms with E-state index in [9.17, 15) is 0 Å². The molecular weight excluding hydrogens is 814 g/mol. The summed E-state index contributed by atoms with van der Waals surface area (Å²) in [5, 5.41) is 9.73. The molecule has 3 heterocycles. The molecule has 0 N–H and O–H groups in total. The molecule has 0 saturated carbocycles. The Hall–Kier alpha value is -8.87. The van der Waals surface area contributed by atoms with Crippen molar-refractivity contribution in [1.82, 2.24) is 15.0 Å². The van der Waals surface area contributed by atoms with Crippen LogP contribution < -0.4 is 26.2 Å². The second kappa shape index (κ2) is 14.8. The normalized spacial score (nSPS) is 12.7. The van der Waals surface area contributed by atoms with Crippen molar-refractivity contribution in [1.29, 1.82) is 0 Å². The third-order valence-corrected chi connectivity index (χ3v) is 13.9. The maximum atomic E-state index is 4.77. The van der Waals surface area contributed by atoms with Crippen LogP contribution in [0.15, 0.2) is 231 Å². The van der Waals surface area contributed by atoms with E-state index in [-0.39, 0.29) is 6.71 Å². The van der Waals surface area contributed by atoms with Crippen LogP contribution in [0.1, 0.15) is 0 Å². The summed E-state index contributed by atoms with van der Waals surface area (Å²) in [5.41, 5.74) is 16.0. The molecule has 67 heavy (non-hydrogen) atoms. The molecule has 12 aromatic rings. The number of anilines is 6. The molecule has 6 heteroatoms. The molecule has 0 bridgehead atoms. The molecule has 14 rings (SSSR count). The van der Waals surface area contributed by atoms with Crippen molar-refractivity contribution >= 4 is 100 Å². The van der Waals surface area contributed by atoms with Gasteiger partial charge in [0.15, 0.2) is 5.82 Å². The van der Waals surface area contributed by atoms with Crippen molar-refractivity contribution < 1.29 is 0 Å². The van der Waals surface area contributed by atoms with Crippen molar-refractivity contribution in [2.45, 2.75) is 0 Å². The SMILES string of the molecule is c1ccc(-c2ccc(N3c4cc5cc6ccccc6cc5cc4B4c5cc6cc7ccccc7cc6cc5N(c5ccc(-c6ccccc6)cc5)c5cc(-c6ncncn6)cc3c54)cc2)cc1. The topological polar surface area (TPSA) is 45.2 Å². The fraction of sp³-hybridized carbons (Fsp3) is 0. The van der Waals surface area contributed by atoms with Crippen LogP contribution in [0.5, 0.6) is 0 Å². The molecular formula is C61H38BN5. The molecule has 0 fully saturated rings. The van der Waals surface area contributed by atoms with Gasteiger partial charge >= 0.3 is 0 Å². The maximum Gasteiger partial charge on any atom is 0.252 e. The zero-order chi connectivity index (χ0) is 44.0. The Kier molecular flexibility index (Phi) is 8.31. The van der Waals surface area contributed by atoms with Crippen molar-refractivity contribution in [3.63, 3.8) is 0 Å². The Morgan fingerprint density at radius 1 is 0.299 bits per heavy atom.